The standard InChI is InChI=1S/C46H70Br2/c1-5-9-13-17-19-23-35-31-45-33-36(24-20-18-14-10-6-2)34-46(45,32-35)42-30-44(48)38(26-22-16-12-8-4)28-40(42)39-27-37(25-21-15-11-7-3)43(47)29-41(39)45/h27-30,35-36H,5-26,31-34H2,1-4H3. The van der Waals surface area contributed by atoms with E-state index in [1.807, 2.05) is 0 Å². The van der Waals surface area contributed by atoms with E-state index in [0.717, 1.165) is 11.8 Å². The van der Waals surface area contributed by atoms with Crippen LogP contribution in [0.5, 0.6) is 0 Å². The molecule has 0 N–H and O–H groups in total. The van der Waals surface area contributed by atoms with E-state index in [-0.39, 0.29) is 0 Å². The SMILES string of the molecule is CCCCCCCC1CC23CC(CCCCCCC)CC2(C1)c1cc(Br)c(CCCCCC)cc1-c1cc(CCCCCC)c(Br)cc13. The van der Waals surface area contributed by atoms with Crippen LogP contribution in [-0.4, -0.2) is 0 Å². The normalized spacial score (nSPS) is 24.0. The summed E-state index contributed by atoms with van der Waals surface area (Å²) in [7, 11) is 0. The highest BCUT2D eigenvalue weighted by Crippen LogP contribution is 2.73. The lowest BCUT2D eigenvalue weighted by molar-refractivity contribution is 0.298. The van der Waals surface area contributed by atoms with Crippen LogP contribution in [0.3, 0.4) is 0 Å². The van der Waals surface area contributed by atoms with Gasteiger partial charge in [-0.1, -0.05) is 175 Å². The van der Waals surface area contributed by atoms with E-state index < -0.39 is 0 Å². The quantitative estimate of drug-likeness (QED) is 0.104. The molecule has 0 atom stereocenters. The lowest BCUT2D eigenvalue weighted by Crippen LogP contribution is -2.43. The summed E-state index contributed by atoms with van der Waals surface area (Å²) in [5.41, 5.74) is 10.4. The lowest BCUT2D eigenvalue weighted by Gasteiger charge is -2.48. The third-order valence-corrected chi connectivity index (χ3v) is 14.7. The Bertz CT molecular complexity index is 1180. The van der Waals surface area contributed by atoms with Crippen LogP contribution < -0.4 is 0 Å². The van der Waals surface area contributed by atoms with Crippen molar-refractivity contribution >= 4 is 31.9 Å². The lowest BCUT2D eigenvalue weighted by atomic mass is 9.55. The van der Waals surface area contributed by atoms with E-state index in [9.17, 15) is 0 Å². The van der Waals surface area contributed by atoms with Crippen molar-refractivity contribution in [2.24, 2.45) is 11.8 Å². The van der Waals surface area contributed by atoms with Crippen molar-refractivity contribution in [3.8, 4) is 11.1 Å². The van der Waals surface area contributed by atoms with Gasteiger partial charge in [0.05, 0.1) is 0 Å². The number of aryl methyl sites for hydroxylation is 2. The predicted molar refractivity (Wildman–Crippen MR) is 219 cm³/mol. The Morgan fingerprint density at radius 1 is 0.458 bits per heavy atom. The highest BCUT2D eigenvalue weighted by molar-refractivity contribution is 9.10. The van der Waals surface area contributed by atoms with E-state index >= 15 is 0 Å². The summed E-state index contributed by atoms with van der Waals surface area (Å²) < 4.78 is 2.79. The van der Waals surface area contributed by atoms with Gasteiger partial charge in [0.15, 0.2) is 0 Å². The van der Waals surface area contributed by atoms with Gasteiger partial charge in [-0.2, -0.15) is 0 Å². The zero-order valence-electron chi connectivity index (χ0n) is 31.6. The highest BCUT2D eigenvalue weighted by Gasteiger charge is 2.66. The Balaban J connectivity index is 1.56. The molecule has 3 aliphatic rings. The van der Waals surface area contributed by atoms with Crippen LogP contribution in [0.2, 0.25) is 0 Å². The fraction of sp³-hybridized carbons (Fsp3) is 0.739. The fourth-order valence-electron chi connectivity index (χ4n) is 10.8. The van der Waals surface area contributed by atoms with Crippen LogP contribution in [-0.2, 0) is 23.7 Å². The topological polar surface area (TPSA) is 0 Å². The molecule has 0 spiro atoms. The molecule has 0 nitrogen and oxygen atoms in total. The number of rotatable bonds is 22. The molecular formula is C46H70Br2. The van der Waals surface area contributed by atoms with Gasteiger partial charge in [0.2, 0.25) is 0 Å². The molecule has 2 aromatic carbocycles. The van der Waals surface area contributed by atoms with Gasteiger partial charge in [-0.05, 0) is 121 Å². The largest absolute Gasteiger partial charge is 0.0654 e. The number of halogens is 2. The average molecular weight is 783 g/mol. The van der Waals surface area contributed by atoms with Crippen LogP contribution in [0.15, 0.2) is 33.2 Å². The Kier molecular flexibility index (Phi) is 15.1. The molecule has 0 aliphatic heterocycles. The van der Waals surface area contributed by atoms with Crippen molar-refractivity contribution in [3.05, 3.63) is 55.5 Å². The Morgan fingerprint density at radius 3 is 1.15 bits per heavy atom. The van der Waals surface area contributed by atoms with Crippen molar-refractivity contribution in [2.45, 2.75) is 205 Å². The molecule has 48 heavy (non-hydrogen) atoms. The van der Waals surface area contributed by atoms with Gasteiger partial charge in [-0.15, -0.1) is 0 Å². The second kappa shape index (κ2) is 18.8. The van der Waals surface area contributed by atoms with Crippen LogP contribution in [0.25, 0.3) is 11.1 Å². The van der Waals surface area contributed by atoms with Crippen LogP contribution in [0.1, 0.15) is 204 Å². The van der Waals surface area contributed by atoms with E-state index in [2.05, 4.69) is 83.8 Å². The molecule has 2 saturated carbocycles. The maximum atomic E-state index is 4.20. The Hall–Kier alpha value is -0.600. The molecule has 0 saturated heterocycles. The highest BCUT2D eigenvalue weighted by atomic mass is 79.9. The number of fused-ring (bicyclic) bond motifs is 3. The van der Waals surface area contributed by atoms with Gasteiger partial charge in [0.1, 0.15) is 0 Å². The molecule has 5 rings (SSSR count). The summed E-state index contributed by atoms with van der Waals surface area (Å²) in [6.45, 7) is 9.35. The summed E-state index contributed by atoms with van der Waals surface area (Å²) >= 11 is 8.41. The van der Waals surface area contributed by atoms with Crippen molar-refractivity contribution < 1.29 is 0 Å². The second-order valence-corrected chi connectivity index (χ2v) is 18.4. The van der Waals surface area contributed by atoms with Gasteiger partial charge >= 0.3 is 0 Å². The third-order valence-electron chi connectivity index (χ3n) is 13.2. The fourth-order valence-corrected chi connectivity index (χ4v) is 11.9. The molecular weight excluding hydrogens is 712 g/mol. The summed E-state index contributed by atoms with van der Waals surface area (Å²) in [6.07, 6.45) is 35.6. The molecule has 0 heterocycles. The minimum Gasteiger partial charge on any atom is -0.0654 e. The predicted octanol–water partition coefficient (Wildman–Crippen LogP) is 16.2. The van der Waals surface area contributed by atoms with Crippen LogP contribution in [0, 0.1) is 11.8 Å². The van der Waals surface area contributed by atoms with Crippen molar-refractivity contribution in [1.29, 1.82) is 0 Å². The van der Waals surface area contributed by atoms with Crippen LogP contribution in [0.4, 0.5) is 0 Å². The first-order valence-corrected chi connectivity index (χ1v) is 22.7. The first-order valence-electron chi connectivity index (χ1n) is 21.1. The zero-order chi connectivity index (χ0) is 34.0. The maximum absolute atomic E-state index is 4.20. The molecule has 2 heteroatoms. The van der Waals surface area contributed by atoms with Crippen molar-refractivity contribution in [1.82, 2.24) is 0 Å². The summed E-state index contributed by atoms with van der Waals surface area (Å²) in [5.74, 6) is 1.71. The Labute approximate surface area is 314 Å². The zero-order valence-corrected chi connectivity index (χ0v) is 34.8. The molecule has 0 bridgehead atoms. The molecule has 2 fully saturated rings. The van der Waals surface area contributed by atoms with Gasteiger partial charge < -0.3 is 0 Å². The smallest absolute Gasteiger partial charge is 0.0210 e. The van der Waals surface area contributed by atoms with E-state index in [1.165, 1.54) is 176 Å². The van der Waals surface area contributed by atoms with Gasteiger partial charge in [0.25, 0.3) is 0 Å². The third kappa shape index (κ3) is 8.54. The number of unbranched alkanes of at least 4 members (excludes halogenated alkanes) is 14. The van der Waals surface area contributed by atoms with Gasteiger partial charge in [0, 0.05) is 19.8 Å². The number of benzene rings is 2. The molecule has 0 aromatic heterocycles. The average Bonchev–Trinajstić information content (AvgIpc) is 3.57. The summed E-state index contributed by atoms with van der Waals surface area (Å²) in [5, 5.41) is 0. The minimum absolute atomic E-state index is 0.294. The number of hydrogen-bond acceptors (Lipinski definition) is 0. The molecule has 2 aromatic rings. The monoisotopic (exact) mass is 780 g/mol. The van der Waals surface area contributed by atoms with Crippen molar-refractivity contribution in [3.63, 3.8) is 0 Å². The van der Waals surface area contributed by atoms with E-state index in [1.54, 1.807) is 33.4 Å². The summed E-state index contributed by atoms with van der Waals surface area (Å²) in [4.78, 5) is 0. The first kappa shape index (κ1) is 38.6. The van der Waals surface area contributed by atoms with E-state index in [4.69, 9.17) is 0 Å². The minimum atomic E-state index is 0.294. The van der Waals surface area contributed by atoms with Gasteiger partial charge in [-0.3, -0.25) is 0 Å². The molecule has 0 radical (unpaired) electrons. The first-order chi connectivity index (χ1) is 23.4. The molecule has 268 valence electrons. The van der Waals surface area contributed by atoms with Crippen LogP contribution >= 0.6 is 31.9 Å². The van der Waals surface area contributed by atoms with Gasteiger partial charge in [-0.25, -0.2) is 0 Å². The van der Waals surface area contributed by atoms with Crippen molar-refractivity contribution in [2.75, 3.05) is 0 Å². The molecule has 3 aliphatic carbocycles. The Morgan fingerprint density at radius 2 is 0.792 bits per heavy atom. The summed E-state index contributed by atoms with van der Waals surface area (Å²) in [6, 6.07) is 10.8. The second-order valence-electron chi connectivity index (χ2n) is 16.7. The molecule has 0 amide bonds. The number of hydrogen-bond donors (Lipinski definition) is 0. The van der Waals surface area contributed by atoms with E-state index in [0.29, 0.717) is 10.8 Å². The maximum Gasteiger partial charge on any atom is 0.0210 e. The molecule has 0 unspecified atom stereocenters.